The van der Waals surface area contributed by atoms with Gasteiger partial charge in [0, 0.05) is 11.6 Å². The van der Waals surface area contributed by atoms with Gasteiger partial charge in [0.15, 0.2) is 0 Å². The van der Waals surface area contributed by atoms with Crippen LogP contribution in [0.15, 0.2) is 0 Å². The van der Waals surface area contributed by atoms with E-state index in [2.05, 4.69) is 12.2 Å². The van der Waals surface area contributed by atoms with Crippen LogP contribution in [-0.4, -0.2) is 23.3 Å². The van der Waals surface area contributed by atoms with Crippen molar-refractivity contribution in [1.29, 1.82) is 0 Å². The summed E-state index contributed by atoms with van der Waals surface area (Å²) in [5, 5.41) is 13.0. The highest BCUT2D eigenvalue weighted by molar-refractivity contribution is 5.01. The Labute approximate surface area is 74.4 Å². The summed E-state index contributed by atoms with van der Waals surface area (Å²) in [6, 6.07) is 0.720. The van der Waals surface area contributed by atoms with Gasteiger partial charge in [-0.05, 0) is 31.6 Å². The molecule has 0 heterocycles. The summed E-state index contributed by atoms with van der Waals surface area (Å²) >= 11 is 0. The van der Waals surface area contributed by atoms with Crippen LogP contribution in [-0.2, 0) is 0 Å². The molecule has 2 aliphatic rings. The van der Waals surface area contributed by atoms with Gasteiger partial charge in [0.2, 0.25) is 0 Å². The molecule has 0 aromatic rings. The van der Waals surface area contributed by atoms with E-state index in [9.17, 15) is 5.11 Å². The van der Waals surface area contributed by atoms with Crippen molar-refractivity contribution in [2.75, 3.05) is 6.61 Å². The van der Waals surface area contributed by atoms with Crippen molar-refractivity contribution < 1.29 is 5.11 Å². The smallest absolute Gasteiger partial charge is 0.0616 e. The van der Waals surface area contributed by atoms with E-state index in [1.165, 1.54) is 32.1 Å². The van der Waals surface area contributed by atoms with Crippen LogP contribution < -0.4 is 5.32 Å². The Hall–Kier alpha value is -0.0800. The number of hydrogen-bond donors (Lipinski definition) is 2. The Morgan fingerprint density at radius 1 is 1.42 bits per heavy atom. The molecule has 0 aliphatic heterocycles. The van der Waals surface area contributed by atoms with Crippen LogP contribution in [0, 0.1) is 5.92 Å². The van der Waals surface area contributed by atoms with Crippen LogP contribution in [0.1, 0.15) is 39.0 Å². The maximum absolute atomic E-state index is 9.40. The third-order valence-electron chi connectivity index (χ3n) is 3.55. The zero-order valence-corrected chi connectivity index (χ0v) is 7.84. The molecule has 2 atom stereocenters. The average Bonchev–Trinajstić information content (AvgIpc) is 2.79. The second kappa shape index (κ2) is 3.00. The molecular formula is C10H19NO. The summed E-state index contributed by atoms with van der Waals surface area (Å²) in [6.45, 7) is 2.59. The van der Waals surface area contributed by atoms with E-state index in [1.54, 1.807) is 0 Å². The predicted molar refractivity (Wildman–Crippen MR) is 49.0 cm³/mol. The van der Waals surface area contributed by atoms with Crippen LogP contribution >= 0.6 is 0 Å². The van der Waals surface area contributed by atoms with E-state index in [1.807, 2.05) is 0 Å². The number of aliphatic hydroxyl groups excluding tert-OH is 1. The summed E-state index contributed by atoms with van der Waals surface area (Å²) < 4.78 is 0. The summed E-state index contributed by atoms with van der Waals surface area (Å²) in [5.41, 5.74) is 0.0845. The molecule has 0 aromatic heterocycles. The van der Waals surface area contributed by atoms with Crippen molar-refractivity contribution in [3.63, 3.8) is 0 Å². The van der Waals surface area contributed by atoms with Gasteiger partial charge in [-0.25, -0.2) is 0 Å². The Morgan fingerprint density at radius 3 is 2.58 bits per heavy atom. The molecule has 2 nitrogen and oxygen atoms in total. The first kappa shape index (κ1) is 8.52. The summed E-state index contributed by atoms with van der Waals surface area (Å²) in [4.78, 5) is 0. The first-order chi connectivity index (χ1) is 5.77. The van der Waals surface area contributed by atoms with Crippen LogP contribution in [0.2, 0.25) is 0 Å². The molecule has 12 heavy (non-hydrogen) atoms. The lowest BCUT2D eigenvalue weighted by molar-refractivity contribution is 0.128. The molecule has 2 fully saturated rings. The molecule has 0 bridgehead atoms. The number of aliphatic hydroxyl groups is 1. The fourth-order valence-electron chi connectivity index (χ4n) is 2.38. The van der Waals surface area contributed by atoms with E-state index in [4.69, 9.17) is 0 Å². The zero-order chi connectivity index (χ0) is 8.60. The summed E-state index contributed by atoms with van der Waals surface area (Å²) in [7, 11) is 0. The topological polar surface area (TPSA) is 32.3 Å². The van der Waals surface area contributed by atoms with E-state index in [0.29, 0.717) is 12.5 Å². The Kier molecular flexibility index (Phi) is 2.13. The Balaban J connectivity index is 2.00. The Morgan fingerprint density at radius 2 is 2.17 bits per heavy atom. The SMILES string of the molecule is CC1CCCC1(CO)NC1CC1. The highest BCUT2D eigenvalue weighted by Gasteiger charge is 2.42. The normalized spacial score (nSPS) is 42.0. The number of rotatable bonds is 3. The van der Waals surface area contributed by atoms with Gasteiger partial charge in [-0.1, -0.05) is 13.3 Å². The van der Waals surface area contributed by atoms with Gasteiger partial charge in [-0.3, -0.25) is 0 Å². The number of nitrogens with one attached hydrogen (secondary N) is 1. The Bertz CT molecular complexity index is 167. The predicted octanol–water partition coefficient (Wildman–Crippen LogP) is 1.29. The molecule has 0 saturated heterocycles. The maximum atomic E-state index is 9.40. The zero-order valence-electron chi connectivity index (χ0n) is 7.84. The van der Waals surface area contributed by atoms with E-state index in [0.717, 1.165) is 6.04 Å². The van der Waals surface area contributed by atoms with Gasteiger partial charge in [-0.15, -0.1) is 0 Å². The van der Waals surface area contributed by atoms with E-state index in [-0.39, 0.29) is 5.54 Å². The fourth-order valence-corrected chi connectivity index (χ4v) is 2.38. The van der Waals surface area contributed by atoms with Gasteiger partial charge in [-0.2, -0.15) is 0 Å². The minimum Gasteiger partial charge on any atom is -0.394 e. The van der Waals surface area contributed by atoms with Gasteiger partial charge in [0.1, 0.15) is 0 Å². The third kappa shape index (κ3) is 1.38. The first-order valence-electron chi connectivity index (χ1n) is 5.15. The molecule has 0 amide bonds. The lowest BCUT2D eigenvalue weighted by Crippen LogP contribution is -2.51. The molecule has 2 unspecified atom stereocenters. The van der Waals surface area contributed by atoms with Gasteiger partial charge < -0.3 is 10.4 Å². The van der Waals surface area contributed by atoms with Crippen molar-refractivity contribution >= 4 is 0 Å². The van der Waals surface area contributed by atoms with Crippen molar-refractivity contribution in [2.45, 2.75) is 50.6 Å². The second-order valence-electron chi connectivity index (χ2n) is 4.53. The molecule has 2 aliphatic carbocycles. The van der Waals surface area contributed by atoms with Gasteiger partial charge in [0.05, 0.1) is 6.61 Å². The third-order valence-corrected chi connectivity index (χ3v) is 3.55. The van der Waals surface area contributed by atoms with Crippen molar-refractivity contribution in [3.05, 3.63) is 0 Å². The quantitative estimate of drug-likeness (QED) is 0.667. The van der Waals surface area contributed by atoms with E-state index < -0.39 is 0 Å². The van der Waals surface area contributed by atoms with Gasteiger partial charge >= 0.3 is 0 Å². The molecule has 0 radical (unpaired) electrons. The van der Waals surface area contributed by atoms with E-state index >= 15 is 0 Å². The lowest BCUT2D eigenvalue weighted by Gasteiger charge is -2.33. The van der Waals surface area contributed by atoms with Crippen LogP contribution in [0.4, 0.5) is 0 Å². The molecule has 2 N–H and O–H groups in total. The minimum atomic E-state index is 0.0845. The van der Waals surface area contributed by atoms with Crippen molar-refractivity contribution in [3.8, 4) is 0 Å². The van der Waals surface area contributed by atoms with Crippen LogP contribution in [0.25, 0.3) is 0 Å². The van der Waals surface area contributed by atoms with Crippen LogP contribution in [0.3, 0.4) is 0 Å². The fraction of sp³-hybridized carbons (Fsp3) is 1.00. The second-order valence-corrected chi connectivity index (χ2v) is 4.53. The number of hydrogen-bond acceptors (Lipinski definition) is 2. The molecule has 0 aromatic carbocycles. The maximum Gasteiger partial charge on any atom is 0.0616 e. The average molecular weight is 169 g/mol. The standard InChI is InChI=1S/C10H19NO/c1-8-3-2-6-10(8,7-12)11-9-4-5-9/h8-9,11-12H,2-7H2,1H3. The largest absolute Gasteiger partial charge is 0.394 e. The molecular weight excluding hydrogens is 150 g/mol. The minimum absolute atomic E-state index is 0.0845. The summed E-state index contributed by atoms with van der Waals surface area (Å²) in [5.74, 6) is 0.656. The van der Waals surface area contributed by atoms with Crippen molar-refractivity contribution in [1.82, 2.24) is 5.32 Å². The summed E-state index contributed by atoms with van der Waals surface area (Å²) in [6.07, 6.45) is 6.35. The molecule has 0 spiro atoms. The van der Waals surface area contributed by atoms with Crippen molar-refractivity contribution in [2.24, 2.45) is 5.92 Å². The highest BCUT2D eigenvalue weighted by atomic mass is 16.3. The monoisotopic (exact) mass is 169 g/mol. The molecule has 70 valence electrons. The lowest BCUT2D eigenvalue weighted by atomic mass is 9.89. The molecule has 2 heteroatoms. The molecule has 2 saturated carbocycles. The van der Waals surface area contributed by atoms with Gasteiger partial charge in [0.25, 0.3) is 0 Å². The molecule has 2 rings (SSSR count). The van der Waals surface area contributed by atoms with Crippen LogP contribution in [0.5, 0.6) is 0 Å². The highest BCUT2D eigenvalue weighted by Crippen LogP contribution is 2.37. The first-order valence-corrected chi connectivity index (χ1v) is 5.15.